The number of ketones is 1. The van der Waals surface area contributed by atoms with E-state index in [9.17, 15) is 26.8 Å². The van der Waals surface area contributed by atoms with Crippen molar-refractivity contribution in [3.8, 4) is 0 Å². The monoisotopic (exact) mass is 433 g/mol. The minimum absolute atomic E-state index is 0.329. The lowest BCUT2D eigenvalue weighted by molar-refractivity contribution is -0.117. The number of rotatable bonds is 8. The van der Waals surface area contributed by atoms with Crippen LogP contribution in [-0.4, -0.2) is 42.8 Å². The van der Waals surface area contributed by atoms with Gasteiger partial charge in [-0.1, -0.05) is 0 Å². The first-order valence-corrected chi connectivity index (χ1v) is 9.62. The third-order valence-corrected chi connectivity index (χ3v) is 5.43. The molecule has 1 heterocycles. The van der Waals surface area contributed by atoms with Crippen molar-refractivity contribution in [1.82, 2.24) is 4.98 Å². The van der Waals surface area contributed by atoms with E-state index in [1.54, 1.807) is 0 Å². The lowest BCUT2D eigenvalue weighted by Crippen LogP contribution is -2.24. The van der Waals surface area contributed by atoms with Gasteiger partial charge in [0.2, 0.25) is 0 Å². The largest absolute Gasteiger partial charge is 0.476 e. The van der Waals surface area contributed by atoms with Gasteiger partial charge in [-0.3, -0.25) is 9.52 Å². The number of hydrogen-bond donors (Lipinski definition) is 4. The number of aliphatic imine (C=N–C) groups is 1. The third kappa shape index (κ3) is 4.98. The number of nitrogens with one attached hydrogen (secondary N) is 1. The van der Waals surface area contributed by atoms with Crippen molar-refractivity contribution in [3.05, 3.63) is 40.5 Å². The summed E-state index contributed by atoms with van der Waals surface area (Å²) in [5.74, 6) is -5.10. The summed E-state index contributed by atoms with van der Waals surface area (Å²) in [6.07, 6.45) is -0.694. The first-order valence-electron chi connectivity index (χ1n) is 7.26. The Morgan fingerprint density at radius 3 is 2.39 bits per heavy atom. The van der Waals surface area contributed by atoms with Crippen LogP contribution in [-0.2, 0) is 21.2 Å². The Hall–Kier alpha value is -3.13. The van der Waals surface area contributed by atoms with Crippen LogP contribution in [0.5, 0.6) is 0 Å². The molecule has 0 bridgehead atoms. The average Bonchev–Trinajstić information content (AvgIpc) is 3.03. The van der Waals surface area contributed by atoms with E-state index in [0.29, 0.717) is 23.5 Å². The summed E-state index contributed by atoms with van der Waals surface area (Å²) in [4.78, 5) is 28.8. The number of sulfonamides is 1. The number of anilines is 1. The zero-order valence-corrected chi connectivity index (χ0v) is 15.5. The highest BCUT2D eigenvalue weighted by Gasteiger charge is 2.24. The summed E-state index contributed by atoms with van der Waals surface area (Å²) in [7, 11) is -4.51. The molecule has 0 spiro atoms. The molecule has 0 radical (unpaired) electrons. The van der Waals surface area contributed by atoms with Crippen molar-refractivity contribution in [2.45, 2.75) is 11.3 Å². The molecule has 150 valence electrons. The van der Waals surface area contributed by atoms with Crippen LogP contribution in [0.4, 0.5) is 13.8 Å². The maximum atomic E-state index is 14.2. The number of aromatic nitrogens is 1. The number of halogens is 2. The lowest BCUT2D eigenvalue weighted by atomic mass is 10.1. The predicted octanol–water partition coefficient (Wildman–Crippen LogP) is 0.305. The highest BCUT2D eigenvalue weighted by Crippen LogP contribution is 2.26. The molecule has 6 N–H and O–H groups in total. The number of aromatic carboxylic acids is 1. The van der Waals surface area contributed by atoms with Gasteiger partial charge in [0.1, 0.15) is 23.2 Å². The fourth-order valence-corrected chi connectivity index (χ4v) is 4.00. The zero-order valence-electron chi connectivity index (χ0n) is 13.8. The number of carbonyl (C=O) groups is 2. The molecular formula is C14H13F2N5O5S2. The van der Waals surface area contributed by atoms with Crippen molar-refractivity contribution in [2.24, 2.45) is 16.5 Å². The number of benzene rings is 1. The first kappa shape index (κ1) is 21.2. The van der Waals surface area contributed by atoms with E-state index in [1.807, 2.05) is 4.72 Å². The van der Waals surface area contributed by atoms with Crippen molar-refractivity contribution in [3.63, 3.8) is 0 Å². The highest BCUT2D eigenvalue weighted by molar-refractivity contribution is 7.93. The minimum atomic E-state index is -4.51. The van der Waals surface area contributed by atoms with E-state index in [-0.39, 0.29) is 11.0 Å². The van der Waals surface area contributed by atoms with E-state index < -0.39 is 62.5 Å². The summed E-state index contributed by atoms with van der Waals surface area (Å²) in [6.45, 7) is -0.494. The second-order valence-corrected chi connectivity index (χ2v) is 7.80. The molecule has 0 unspecified atom stereocenters. The molecule has 1 aromatic carbocycles. The van der Waals surface area contributed by atoms with Crippen LogP contribution in [0.25, 0.3) is 0 Å². The molecule has 0 aliphatic heterocycles. The Morgan fingerprint density at radius 2 is 1.86 bits per heavy atom. The number of carboxylic acid groups (broad SMARTS) is 1. The number of guanidine groups is 1. The normalized spacial score (nSPS) is 11.1. The molecule has 0 aliphatic carbocycles. The van der Waals surface area contributed by atoms with Gasteiger partial charge in [-0.05, 0) is 12.1 Å². The second kappa shape index (κ2) is 8.26. The fraction of sp³-hybridized carbons (Fsp3) is 0.143. The Kier molecular flexibility index (Phi) is 6.25. The molecule has 0 aliphatic rings. The standard InChI is InChI=1S/C14H13F2N5O5S2/c15-9-2-7(3-10(16)8(9)1-6(22)4-19-14(17)18)28(25,26)21-12-11(13(23)24)20-5-27-12/h2-3,5,21H,1,4H2,(H,23,24)(H4,17,18,19). The average molecular weight is 433 g/mol. The third-order valence-electron chi connectivity index (χ3n) is 3.23. The van der Waals surface area contributed by atoms with Crippen LogP contribution >= 0.6 is 11.3 Å². The molecule has 1 aromatic heterocycles. The van der Waals surface area contributed by atoms with Crippen LogP contribution in [0.2, 0.25) is 0 Å². The maximum absolute atomic E-state index is 14.2. The predicted molar refractivity (Wildman–Crippen MR) is 95.6 cm³/mol. The number of Topliss-reactive ketones (excluding diaryl/α,β-unsaturated/α-hetero) is 1. The fourth-order valence-electron chi connectivity index (χ4n) is 1.99. The van der Waals surface area contributed by atoms with E-state index >= 15 is 0 Å². The van der Waals surface area contributed by atoms with Gasteiger partial charge in [0, 0.05) is 12.0 Å². The summed E-state index contributed by atoms with van der Waals surface area (Å²) in [6, 6.07) is 1.02. The number of carboxylic acids is 1. The molecule has 2 rings (SSSR count). The maximum Gasteiger partial charge on any atom is 0.357 e. The molecule has 14 heteroatoms. The quantitative estimate of drug-likeness (QED) is 0.339. The van der Waals surface area contributed by atoms with Gasteiger partial charge in [-0.25, -0.2) is 32.0 Å². The molecular weight excluding hydrogens is 420 g/mol. The molecule has 0 saturated heterocycles. The first-order chi connectivity index (χ1) is 13.0. The van der Waals surface area contributed by atoms with Gasteiger partial charge in [-0.15, -0.1) is 11.3 Å². The number of nitrogens with two attached hydrogens (primary N) is 2. The highest BCUT2D eigenvalue weighted by atomic mass is 32.2. The molecule has 10 nitrogen and oxygen atoms in total. The van der Waals surface area contributed by atoms with E-state index in [2.05, 4.69) is 9.98 Å². The SMILES string of the molecule is NC(N)=NCC(=O)Cc1c(F)cc(S(=O)(=O)Nc2scnc2C(=O)O)cc1F. The molecule has 28 heavy (non-hydrogen) atoms. The lowest BCUT2D eigenvalue weighted by Gasteiger charge is -2.10. The molecule has 0 fully saturated rings. The summed E-state index contributed by atoms with van der Waals surface area (Å²) < 4.78 is 55.0. The number of carbonyl (C=O) groups excluding carboxylic acids is 1. The molecule has 0 atom stereocenters. The van der Waals surface area contributed by atoms with Gasteiger partial charge < -0.3 is 16.6 Å². The van der Waals surface area contributed by atoms with Crippen LogP contribution < -0.4 is 16.2 Å². The Bertz CT molecular complexity index is 1040. The number of thiazole rings is 1. The van der Waals surface area contributed by atoms with Crippen LogP contribution in [0.3, 0.4) is 0 Å². The van der Waals surface area contributed by atoms with Crippen LogP contribution in [0, 0.1) is 11.6 Å². The summed E-state index contributed by atoms with van der Waals surface area (Å²) in [5.41, 5.74) is 10.00. The topological polar surface area (TPSA) is 178 Å². The minimum Gasteiger partial charge on any atom is -0.476 e. The van der Waals surface area contributed by atoms with E-state index in [0.717, 1.165) is 5.51 Å². The summed E-state index contributed by atoms with van der Waals surface area (Å²) >= 11 is 0.680. The Morgan fingerprint density at radius 1 is 1.25 bits per heavy atom. The molecule has 0 saturated carbocycles. The Labute approximate surface area is 161 Å². The van der Waals surface area contributed by atoms with Gasteiger partial charge in [0.05, 0.1) is 10.4 Å². The van der Waals surface area contributed by atoms with E-state index in [1.165, 1.54) is 0 Å². The van der Waals surface area contributed by atoms with Crippen molar-refractivity contribution >= 4 is 44.1 Å². The smallest absolute Gasteiger partial charge is 0.357 e. The van der Waals surface area contributed by atoms with Gasteiger partial charge in [0.15, 0.2) is 17.4 Å². The zero-order chi connectivity index (χ0) is 21.1. The number of hydrogen-bond acceptors (Lipinski definition) is 7. The van der Waals surface area contributed by atoms with Gasteiger partial charge in [-0.2, -0.15) is 0 Å². The van der Waals surface area contributed by atoms with Crippen LogP contribution in [0.1, 0.15) is 16.1 Å². The number of nitrogens with zero attached hydrogens (tertiary/aromatic N) is 2. The molecule has 2 aromatic rings. The van der Waals surface area contributed by atoms with Crippen molar-refractivity contribution < 1.29 is 31.9 Å². The second-order valence-electron chi connectivity index (χ2n) is 5.26. The van der Waals surface area contributed by atoms with Gasteiger partial charge in [0.25, 0.3) is 10.0 Å². The van der Waals surface area contributed by atoms with Gasteiger partial charge >= 0.3 is 5.97 Å². The van der Waals surface area contributed by atoms with Crippen molar-refractivity contribution in [1.29, 1.82) is 0 Å². The summed E-state index contributed by atoms with van der Waals surface area (Å²) in [5, 5.41) is 8.61. The van der Waals surface area contributed by atoms with Crippen LogP contribution in [0.15, 0.2) is 27.5 Å². The van der Waals surface area contributed by atoms with E-state index in [4.69, 9.17) is 16.6 Å². The Balaban J connectivity index is 2.29. The van der Waals surface area contributed by atoms with Crippen molar-refractivity contribution in [2.75, 3.05) is 11.3 Å². The molecule has 0 amide bonds.